The molecule has 2 amide bonds. The number of rotatable bonds is 35. The van der Waals surface area contributed by atoms with Crippen LogP contribution in [0, 0.1) is 0 Å². The van der Waals surface area contributed by atoms with Crippen molar-refractivity contribution < 1.29 is 66.8 Å². The average Bonchev–Trinajstić information content (AvgIpc) is 3.09. The number of ether oxygens (including phenoxy) is 11. The second kappa shape index (κ2) is 33.8. The molecule has 0 aliphatic carbocycles. The van der Waals surface area contributed by atoms with Crippen LogP contribution in [0.2, 0.25) is 0 Å². The van der Waals surface area contributed by atoms with E-state index in [1.54, 1.807) is 11.8 Å². The molecule has 1 saturated heterocycles. The van der Waals surface area contributed by atoms with Gasteiger partial charge in [-0.3, -0.25) is 0 Å². The Balaban J connectivity index is 1.84. The summed E-state index contributed by atoms with van der Waals surface area (Å²) in [7, 11) is 0. The Hall–Kier alpha value is -2.28. The van der Waals surface area contributed by atoms with Crippen LogP contribution in [0.3, 0.4) is 0 Å². The largest absolute Gasteiger partial charge is 0.473 e. The van der Waals surface area contributed by atoms with Crippen molar-refractivity contribution in [2.45, 2.75) is 52.0 Å². The molecule has 1 aliphatic heterocycles. The third kappa shape index (κ3) is 27.4. The number of amides is 2. The monoisotopic (exact) mass is 724 g/mol. The van der Waals surface area contributed by atoms with E-state index in [1.165, 1.54) is 4.90 Å². The third-order valence-corrected chi connectivity index (χ3v) is 7.26. The highest BCUT2D eigenvalue weighted by atomic mass is 16.7. The van der Waals surface area contributed by atoms with Gasteiger partial charge >= 0.3 is 12.2 Å². The Labute approximate surface area is 298 Å². The highest BCUT2D eigenvalue weighted by molar-refractivity contribution is 5.68. The lowest BCUT2D eigenvalue weighted by Crippen LogP contribution is -2.45. The van der Waals surface area contributed by atoms with Gasteiger partial charge in [-0.25, -0.2) is 9.59 Å². The van der Waals surface area contributed by atoms with E-state index in [9.17, 15) is 14.7 Å². The lowest BCUT2D eigenvalue weighted by atomic mass is 10.1. The maximum atomic E-state index is 12.3. The van der Waals surface area contributed by atoms with Gasteiger partial charge in [0.25, 0.3) is 0 Å². The summed E-state index contributed by atoms with van der Waals surface area (Å²) in [5, 5.41) is 9.51. The summed E-state index contributed by atoms with van der Waals surface area (Å²) >= 11 is 0. The summed E-state index contributed by atoms with van der Waals surface area (Å²) < 4.78 is 59.3. The minimum atomic E-state index is -0.958. The number of hydrogen-bond acceptors (Lipinski definition) is 13. The molecule has 50 heavy (non-hydrogen) atoms. The van der Waals surface area contributed by atoms with E-state index < -0.39 is 6.09 Å². The zero-order chi connectivity index (χ0) is 36.3. The molecule has 16 heteroatoms. The Bertz CT molecular complexity index is 825. The number of nitrogens with zero attached hydrogens (tertiary/aromatic N) is 2. The van der Waals surface area contributed by atoms with E-state index in [-0.39, 0.29) is 25.5 Å². The van der Waals surface area contributed by atoms with Gasteiger partial charge in [0.1, 0.15) is 6.61 Å². The number of unbranched alkanes of at least 4 members (excludes halogenated alkanes) is 3. The van der Waals surface area contributed by atoms with Gasteiger partial charge in [-0.2, -0.15) is 0 Å². The Kier molecular flexibility index (Phi) is 31.0. The first kappa shape index (κ1) is 45.7. The van der Waals surface area contributed by atoms with Crippen molar-refractivity contribution in [3.8, 4) is 0 Å². The van der Waals surface area contributed by atoms with Crippen LogP contribution in [-0.2, 0) is 52.1 Å². The zero-order valence-electron chi connectivity index (χ0n) is 30.5. The Morgan fingerprint density at radius 3 is 1.70 bits per heavy atom. The molecular weight excluding hydrogens is 660 g/mol. The van der Waals surface area contributed by atoms with Crippen LogP contribution in [0.25, 0.3) is 0 Å². The molecule has 0 aromatic heterocycles. The van der Waals surface area contributed by atoms with E-state index in [1.807, 2.05) is 6.92 Å². The van der Waals surface area contributed by atoms with E-state index in [0.717, 1.165) is 32.1 Å². The fourth-order valence-corrected chi connectivity index (χ4v) is 4.50. The summed E-state index contributed by atoms with van der Waals surface area (Å²) in [5.74, 6) is 0.617. The van der Waals surface area contributed by atoms with Crippen LogP contribution >= 0.6 is 0 Å². The minimum Gasteiger partial charge on any atom is -0.473 e. The fraction of sp³-hybridized carbons (Fsp3) is 0.882. The van der Waals surface area contributed by atoms with Gasteiger partial charge < -0.3 is 67.0 Å². The fourth-order valence-electron chi connectivity index (χ4n) is 4.50. The first-order chi connectivity index (χ1) is 24.5. The van der Waals surface area contributed by atoms with Gasteiger partial charge in [-0.1, -0.05) is 26.3 Å². The van der Waals surface area contributed by atoms with Gasteiger partial charge in [0, 0.05) is 19.6 Å². The van der Waals surface area contributed by atoms with Gasteiger partial charge in [0.2, 0.25) is 0 Å². The molecule has 1 unspecified atom stereocenters. The second-order valence-electron chi connectivity index (χ2n) is 11.3. The molecule has 1 fully saturated rings. The molecule has 1 heterocycles. The third-order valence-electron chi connectivity index (χ3n) is 7.26. The van der Waals surface area contributed by atoms with Gasteiger partial charge in [-0.05, 0) is 26.2 Å². The van der Waals surface area contributed by atoms with Crippen molar-refractivity contribution in [1.82, 2.24) is 9.80 Å². The summed E-state index contributed by atoms with van der Waals surface area (Å²) in [4.78, 5) is 27.0. The number of carbonyl (C=O) groups is 2. The number of cyclic esters (lactones) is 1. The maximum Gasteiger partial charge on any atom is 0.410 e. The van der Waals surface area contributed by atoms with Crippen LogP contribution < -0.4 is 0 Å². The van der Waals surface area contributed by atoms with Gasteiger partial charge in [0.05, 0.1) is 124 Å². The van der Waals surface area contributed by atoms with Crippen molar-refractivity contribution in [1.29, 1.82) is 0 Å². The number of hydrogen-bond donors (Lipinski definition) is 1. The van der Waals surface area contributed by atoms with Crippen LogP contribution in [0.4, 0.5) is 9.59 Å². The Morgan fingerprint density at radius 1 is 0.740 bits per heavy atom. The summed E-state index contributed by atoms with van der Waals surface area (Å²) in [6, 6.07) is 0.0214. The average molecular weight is 725 g/mol. The SMILES string of the molecule is C=C(C)OCOCCOCCOCCOCCOCCOCCOCCOCCN(CCCCCCN1C(=O)OCCOCC1CC)C(=O)O. The standard InChI is InChI=1S/C34H64N2O14/c1-4-32-29-47-27-28-49-34(39)36(32)10-8-6-5-7-9-35(33(37)38)11-12-40-13-14-41-15-16-42-17-18-43-19-20-44-21-22-45-23-24-46-25-26-48-30-50-31(2)3/h32H,2,4-30H2,1,3H3,(H,37,38). The first-order valence-electron chi connectivity index (χ1n) is 17.8. The minimum absolute atomic E-state index is 0.0214. The molecule has 0 aromatic rings. The van der Waals surface area contributed by atoms with E-state index >= 15 is 0 Å². The molecule has 0 radical (unpaired) electrons. The topological polar surface area (TPSA) is 162 Å². The molecule has 1 aliphatic rings. The van der Waals surface area contributed by atoms with Crippen molar-refractivity contribution in [3.05, 3.63) is 12.3 Å². The lowest BCUT2D eigenvalue weighted by Gasteiger charge is -2.32. The van der Waals surface area contributed by atoms with Crippen molar-refractivity contribution in [2.75, 3.05) is 145 Å². The normalized spacial score (nSPS) is 15.0. The number of allylic oxidation sites excluding steroid dienone is 1. The quantitative estimate of drug-likeness (QED) is 0.0575. The van der Waals surface area contributed by atoms with Gasteiger partial charge in [-0.15, -0.1) is 0 Å². The van der Waals surface area contributed by atoms with Crippen LogP contribution in [0.15, 0.2) is 12.3 Å². The molecule has 16 nitrogen and oxygen atoms in total. The molecule has 0 aromatic carbocycles. The predicted molar refractivity (Wildman–Crippen MR) is 183 cm³/mol. The van der Waals surface area contributed by atoms with Crippen LogP contribution in [0.1, 0.15) is 46.0 Å². The van der Waals surface area contributed by atoms with Crippen molar-refractivity contribution in [3.63, 3.8) is 0 Å². The lowest BCUT2D eigenvalue weighted by molar-refractivity contribution is -0.0521. The van der Waals surface area contributed by atoms with E-state index in [0.29, 0.717) is 138 Å². The molecule has 0 bridgehead atoms. The van der Waals surface area contributed by atoms with Gasteiger partial charge in [0.15, 0.2) is 6.79 Å². The zero-order valence-corrected chi connectivity index (χ0v) is 30.5. The second-order valence-corrected chi connectivity index (χ2v) is 11.3. The molecule has 1 atom stereocenters. The molecule has 1 rings (SSSR count). The van der Waals surface area contributed by atoms with Crippen molar-refractivity contribution >= 4 is 12.2 Å². The summed E-state index contributed by atoms with van der Waals surface area (Å²) in [6.45, 7) is 16.9. The smallest absolute Gasteiger partial charge is 0.410 e. The molecule has 0 spiro atoms. The molecule has 1 N–H and O–H groups in total. The van der Waals surface area contributed by atoms with E-state index in [4.69, 9.17) is 52.1 Å². The number of carbonyl (C=O) groups excluding carboxylic acids is 1. The highest BCUT2D eigenvalue weighted by Gasteiger charge is 2.25. The predicted octanol–water partition coefficient (Wildman–Crippen LogP) is 3.41. The molecule has 0 saturated carbocycles. The van der Waals surface area contributed by atoms with Crippen LogP contribution in [0.5, 0.6) is 0 Å². The first-order valence-corrected chi connectivity index (χ1v) is 17.8. The highest BCUT2D eigenvalue weighted by Crippen LogP contribution is 2.13. The molecular formula is C34H64N2O14. The molecule has 294 valence electrons. The number of carboxylic acid groups (broad SMARTS) is 1. The Morgan fingerprint density at radius 2 is 1.22 bits per heavy atom. The van der Waals surface area contributed by atoms with Crippen molar-refractivity contribution in [2.24, 2.45) is 0 Å². The van der Waals surface area contributed by atoms with Crippen LogP contribution in [-0.4, -0.2) is 178 Å². The summed E-state index contributed by atoms with van der Waals surface area (Å²) in [6.07, 6.45) is 2.92. The summed E-state index contributed by atoms with van der Waals surface area (Å²) in [5.41, 5.74) is 0. The maximum absolute atomic E-state index is 12.3. The van der Waals surface area contributed by atoms with E-state index in [2.05, 4.69) is 6.58 Å².